The van der Waals surface area contributed by atoms with Gasteiger partial charge in [0.15, 0.2) is 0 Å². The van der Waals surface area contributed by atoms with E-state index in [9.17, 15) is 9.90 Å². The molecule has 7 heteroatoms. The molecule has 3 rings (SSSR count). The van der Waals surface area contributed by atoms with E-state index in [2.05, 4.69) is 9.97 Å². The molecule has 0 aromatic carbocycles. The van der Waals surface area contributed by atoms with Gasteiger partial charge in [-0.2, -0.15) is 0 Å². The van der Waals surface area contributed by atoms with Crippen molar-refractivity contribution >= 4 is 5.97 Å². The number of carboxylic acid groups (broad SMARTS) is 1. The second-order valence-corrected chi connectivity index (χ2v) is 5.34. The predicted molar refractivity (Wildman–Crippen MR) is 75.8 cm³/mol. The van der Waals surface area contributed by atoms with E-state index >= 15 is 0 Å². The zero-order valence-electron chi connectivity index (χ0n) is 11.5. The molecule has 0 bridgehead atoms. The molecule has 1 saturated heterocycles. The first kappa shape index (κ1) is 13.7. The molecule has 1 aliphatic rings. The summed E-state index contributed by atoms with van der Waals surface area (Å²) in [6, 6.07) is 5.67. The van der Waals surface area contributed by atoms with Crippen LogP contribution in [0.3, 0.4) is 0 Å². The maximum Gasteiger partial charge on any atom is 0.325 e. The lowest BCUT2D eigenvalue weighted by molar-refractivity contribution is -0.142. The summed E-state index contributed by atoms with van der Waals surface area (Å²) < 4.78 is 1.90. The second-order valence-electron chi connectivity index (χ2n) is 5.34. The summed E-state index contributed by atoms with van der Waals surface area (Å²) in [6.45, 7) is 1.64. The molecule has 110 valence electrons. The van der Waals surface area contributed by atoms with E-state index in [0.717, 1.165) is 5.69 Å². The van der Waals surface area contributed by atoms with Gasteiger partial charge in [0, 0.05) is 43.9 Å². The van der Waals surface area contributed by atoms with Crippen molar-refractivity contribution in [3.05, 3.63) is 42.5 Å². The van der Waals surface area contributed by atoms with E-state index < -0.39 is 11.5 Å². The van der Waals surface area contributed by atoms with E-state index in [1.807, 2.05) is 27.8 Å². The van der Waals surface area contributed by atoms with Crippen LogP contribution < -0.4 is 5.73 Å². The average Bonchev–Trinajstić information content (AvgIpc) is 3.08. The molecule has 7 nitrogen and oxygen atoms in total. The SMILES string of the molecule is N[C@@]1(C(=O)O)CCN(Cc2cccn2-c2ncccn2)C1. The summed E-state index contributed by atoms with van der Waals surface area (Å²) >= 11 is 0. The Morgan fingerprint density at radius 1 is 1.38 bits per heavy atom. The van der Waals surface area contributed by atoms with Crippen molar-refractivity contribution in [1.82, 2.24) is 19.4 Å². The number of nitrogens with two attached hydrogens (primary N) is 1. The highest BCUT2D eigenvalue weighted by molar-refractivity contribution is 5.79. The van der Waals surface area contributed by atoms with Crippen LogP contribution in [0.25, 0.3) is 5.95 Å². The minimum atomic E-state index is -1.14. The first-order valence-electron chi connectivity index (χ1n) is 6.77. The van der Waals surface area contributed by atoms with Crippen LogP contribution in [-0.4, -0.2) is 49.1 Å². The lowest BCUT2D eigenvalue weighted by Gasteiger charge is -2.20. The molecule has 1 aliphatic heterocycles. The minimum Gasteiger partial charge on any atom is -0.480 e. The fraction of sp³-hybridized carbons (Fsp3) is 0.357. The molecule has 2 aromatic rings. The molecule has 0 radical (unpaired) electrons. The number of hydrogen-bond donors (Lipinski definition) is 2. The molecule has 2 aromatic heterocycles. The Labute approximate surface area is 122 Å². The highest BCUT2D eigenvalue weighted by atomic mass is 16.4. The van der Waals surface area contributed by atoms with Crippen LogP contribution in [0.4, 0.5) is 0 Å². The van der Waals surface area contributed by atoms with Crippen LogP contribution >= 0.6 is 0 Å². The van der Waals surface area contributed by atoms with E-state index in [0.29, 0.717) is 32.0 Å². The number of rotatable bonds is 4. The molecule has 0 spiro atoms. The summed E-state index contributed by atoms with van der Waals surface area (Å²) in [7, 11) is 0. The van der Waals surface area contributed by atoms with Crippen LogP contribution in [0.15, 0.2) is 36.8 Å². The lowest BCUT2D eigenvalue weighted by atomic mass is 10.0. The van der Waals surface area contributed by atoms with E-state index in [1.165, 1.54) is 0 Å². The van der Waals surface area contributed by atoms with E-state index in [4.69, 9.17) is 5.73 Å². The highest BCUT2D eigenvalue weighted by Gasteiger charge is 2.41. The van der Waals surface area contributed by atoms with Gasteiger partial charge in [-0.25, -0.2) is 9.97 Å². The van der Waals surface area contributed by atoms with Crippen LogP contribution in [-0.2, 0) is 11.3 Å². The third kappa shape index (κ3) is 2.65. The number of nitrogens with zero attached hydrogens (tertiary/aromatic N) is 4. The fourth-order valence-electron chi connectivity index (χ4n) is 2.61. The molecule has 0 amide bonds. The smallest absolute Gasteiger partial charge is 0.325 e. The number of aliphatic carboxylic acids is 1. The Balaban J connectivity index is 1.76. The molecule has 3 heterocycles. The highest BCUT2D eigenvalue weighted by Crippen LogP contribution is 2.21. The van der Waals surface area contributed by atoms with E-state index in [-0.39, 0.29) is 0 Å². The van der Waals surface area contributed by atoms with Gasteiger partial charge in [-0.15, -0.1) is 0 Å². The van der Waals surface area contributed by atoms with E-state index in [1.54, 1.807) is 18.5 Å². The second kappa shape index (κ2) is 5.27. The Bertz CT molecular complexity index is 642. The van der Waals surface area contributed by atoms with Gasteiger partial charge in [-0.1, -0.05) is 0 Å². The molecule has 3 N–H and O–H groups in total. The topological polar surface area (TPSA) is 97.3 Å². The molecule has 1 fully saturated rings. The first-order valence-corrected chi connectivity index (χ1v) is 6.77. The lowest BCUT2D eigenvalue weighted by Crippen LogP contribution is -2.50. The van der Waals surface area contributed by atoms with Crippen molar-refractivity contribution in [3.8, 4) is 5.95 Å². The largest absolute Gasteiger partial charge is 0.480 e. The Morgan fingerprint density at radius 2 is 2.14 bits per heavy atom. The first-order chi connectivity index (χ1) is 10.1. The maximum absolute atomic E-state index is 11.2. The van der Waals surface area contributed by atoms with Gasteiger partial charge in [0.25, 0.3) is 0 Å². The summed E-state index contributed by atoms with van der Waals surface area (Å²) in [5, 5.41) is 9.17. The zero-order valence-corrected chi connectivity index (χ0v) is 11.5. The van der Waals surface area contributed by atoms with Crippen molar-refractivity contribution < 1.29 is 9.90 Å². The molecular weight excluding hydrogens is 270 g/mol. The van der Waals surface area contributed by atoms with Gasteiger partial charge < -0.3 is 10.8 Å². The van der Waals surface area contributed by atoms with Crippen LogP contribution in [0, 0.1) is 0 Å². The van der Waals surface area contributed by atoms with Gasteiger partial charge >= 0.3 is 5.97 Å². The van der Waals surface area contributed by atoms with Crippen molar-refractivity contribution in [3.63, 3.8) is 0 Å². The van der Waals surface area contributed by atoms with Gasteiger partial charge in [0.05, 0.1) is 0 Å². The third-order valence-electron chi connectivity index (χ3n) is 3.79. The molecule has 1 atom stereocenters. The molecule has 0 saturated carbocycles. The average molecular weight is 287 g/mol. The Kier molecular flexibility index (Phi) is 3.44. The number of hydrogen-bond acceptors (Lipinski definition) is 5. The quantitative estimate of drug-likeness (QED) is 0.837. The summed E-state index contributed by atoms with van der Waals surface area (Å²) in [6.07, 6.45) is 5.74. The number of carboxylic acids is 1. The minimum absolute atomic E-state index is 0.350. The maximum atomic E-state index is 11.2. The number of carbonyl (C=O) groups is 1. The van der Waals surface area contributed by atoms with Crippen molar-refractivity contribution in [2.45, 2.75) is 18.5 Å². The van der Waals surface area contributed by atoms with Gasteiger partial charge in [-0.3, -0.25) is 14.3 Å². The van der Waals surface area contributed by atoms with Crippen molar-refractivity contribution in [2.24, 2.45) is 5.73 Å². The molecule has 21 heavy (non-hydrogen) atoms. The van der Waals surface area contributed by atoms with Crippen LogP contribution in [0.2, 0.25) is 0 Å². The van der Waals surface area contributed by atoms with Crippen molar-refractivity contribution in [2.75, 3.05) is 13.1 Å². The predicted octanol–water partition coefficient (Wildman–Crippen LogP) is 0.255. The number of aromatic nitrogens is 3. The monoisotopic (exact) mass is 287 g/mol. The van der Waals surface area contributed by atoms with Gasteiger partial charge in [0.1, 0.15) is 5.54 Å². The normalized spacial score (nSPS) is 22.5. The molecular formula is C14H17N5O2. The fourth-order valence-corrected chi connectivity index (χ4v) is 2.61. The number of likely N-dealkylation sites (tertiary alicyclic amines) is 1. The molecule has 0 unspecified atom stereocenters. The zero-order chi connectivity index (χ0) is 14.9. The van der Waals surface area contributed by atoms with Crippen LogP contribution in [0.1, 0.15) is 12.1 Å². The Hall–Kier alpha value is -2.25. The Morgan fingerprint density at radius 3 is 2.81 bits per heavy atom. The summed E-state index contributed by atoms with van der Waals surface area (Å²) in [5.41, 5.74) is 5.77. The van der Waals surface area contributed by atoms with Crippen LogP contribution in [0.5, 0.6) is 0 Å². The third-order valence-corrected chi connectivity index (χ3v) is 3.79. The molecule has 0 aliphatic carbocycles. The summed E-state index contributed by atoms with van der Waals surface area (Å²) in [5.74, 6) is -0.333. The standard InChI is InChI=1S/C14H17N5O2/c15-14(12(20)21)4-8-18(10-14)9-11-3-1-7-19(11)13-16-5-2-6-17-13/h1-3,5-7H,4,8-10,15H2,(H,20,21)/t14-/m0/s1. The van der Waals surface area contributed by atoms with Crippen molar-refractivity contribution in [1.29, 1.82) is 0 Å². The van der Waals surface area contributed by atoms with Gasteiger partial charge in [0.2, 0.25) is 5.95 Å². The summed E-state index contributed by atoms with van der Waals surface area (Å²) in [4.78, 5) is 21.7. The van der Waals surface area contributed by atoms with Gasteiger partial charge in [-0.05, 0) is 24.6 Å².